The van der Waals surface area contributed by atoms with E-state index in [2.05, 4.69) is 21.4 Å². The first kappa shape index (κ1) is 9.87. The molecule has 3 rings (SSSR count). The van der Waals surface area contributed by atoms with Crippen LogP contribution in [0, 0.1) is 11.3 Å². The standard InChI is InChI=1S/C12H11N5/c1-14-6-9-7-17-11-4-8(5-13)2-3-10(11)16-12(17)15-9/h2-4,7,14H,6H2,1H3,(H,15,16). The van der Waals surface area contributed by atoms with Crippen LogP contribution in [0.15, 0.2) is 24.4 Å². The second-order valence-electron chi connectivity index (χ2n) is 3.93. The summed E-state index contributed by atoms with van der Waals surface area (Å²) in [5.74, 6) is 0.806. The number of hydrogen-bond donors (Lipinski definition) is 2. The number of nitriles is 1. The summed E-state index contributed by atoms with van der Waals surface area (Å²) in [4.78, 5) is 7.69. The van der Waals surface area contributed by atoms with Gasteiger partial charge in [-0.15, -0.1) is 0 Å². The van der Waals surface area contributed by atoms with Crippen LogP contribution in [0.2, 0.25) is 0 Å². The van der Waals surface area contributed by atoms with Gasteiger partial charge in [0.1, 0.15) is 0 Å². The lowest BCUT2D eigenvalue weighted by Gasteiger charge is -1.93. The van der Waals surface area contributed by atoms with Gasteiger partial charge in [0.05, 0.1) is 22.7 Å². The second-order valence-corrected chi connectivity index (χ2v) is 3.93. The van der Waals surface area contributed by atoms with Gasteiger partial charge in [-0.25, -0.2) is 4.98 Å². The number of rotatable bonds is 2. The molecule has 5 nitrogen and oxygen atoms in total. The Morgan fingerprint density at radius 1 is 1.53 bits per heavy atom. The highest BCUT2D eigenvalue weighted by Crippen LogP contribution is 2.18. The molecular weight excluding hydrogens is 214 g/mol. The number of aromatic amines is 1. The van der Waals surface area contributed by atoms with Crippen LogP contribution in [-0.4, -0.2) is 21.4 Å². The third-order valence-corrected chi connectivity index (χ3v) is 2.74. The Bertz CT molecular complexity index is 728. The van der Waals surface area contributed by atoms with Crippen molar-refractivity contribution in [1.29, 1.82) is 5.26 Å². The zero-order valence-corrected chi connectivity index (χ0v) is 9.36. The monoisotopic (exact) mass is 225 g/mol. The molecule has 2 heterocycles. The van der Waals surface area contributed by atoms with Crippen molar-refractivity contribution in [3.63, 3.8) is 0 Å². The molecule has 0 fully saturated rings. The largest absolute Gasteiger partial charge is 0.326 e. The van der Waals surface area contributed by atoms with Gasteiger partial charge in [0, 0.05) is 18.4 Å². The lowest BCUT2D eigenvalue weighted by Crippen LogP contribution is -2.04. The molecule has 3 aromatic rings. The minimum absolute atomic E-state index is 0.649. The van der Waals surface area contributed by atoms with E-state index < -0.39 is 0 Å². The first-order chi connectivity index (χ1) is 8.31. The van der Waals surface area contributed by atoms with Crippen LogP contribution in [-0.2, 0) is 6.54 Å². The number of H-pyrrole nitrogens is 1. The van der Waals surface area contributed by atoms with Crippen molar-refractivity contribution in [3.05, 3.63) is 35.7 Å². The molecule has 0 aliphatic carbocycles. The van der Waals surface area contributed by atoms with Gasteiger partial charge in [0.25, 0.3) is 0 Å². The van der Waals surface area contributed by atoms with Crippen LogP contribution in [0.5, 0.6) is 0 Å². The summed E-state index contributed by atoms with van der Waals surface area (Å²) >= 11 is 0. The van der Waals surface area contributed by atoms with Gasteiger partial charge < -0.3 is 10.3 Å². The predicted molar refractivity (Wildman–Crippen MR) is 64.5 cm³/mol. The zero-order valence-electron chi connectivity index (χ0n) is 9.36. The third-order valence-electron chi connectivity index (χ3n) is 2.74. The first-order valence-electron chi connectivity index (χ1n) is 5.36. The van der Waals surface area contributed by atoms with Crippen molar-refractivity contribution >= 4 is 16.8 Å². The van der Waals surface area contributed by atoms with Crippen LogP contribution in [0.3, 0.4) is 0 Å². The fourth-order valence-electron chi connectivity index (χ4n) is 1.99. The van der Waals surface area contributed by atoms with E-state index in [0.717, 1.165) is 29.0 Å². The average molecular weight is 225 g/mol. The molecule has 2 N–H and O–H groups in total. The van der Waals surface area contributed by atoms with Crippen LogP contribution < -0.4 is 5.32 Å². The van der Waals surface area contributed by atoms with Gasteiger partial charge in [-0.3, -0.25) is 4.40 Å². The number of nitrogens with one attached hydrogen (secondary N) is 2. The Morgan fingerprint density at radius 3 is 3.18 bits per heavy atom. The molecule has 0 unspecified atom stereocenters. The molecule has 84 valence electrons. The summed E-state index contributed by atoms with van der Waals surface area (Å²) in [5.41, 5.74) is 3.57. The van der Waals surface area contributed by atoms with Crippen LogP contribution in [0.25, 0.3) is 16.8 Å². The van der Waals surface area contributed by atoms with Gasteiger partial charge in [-0.2, -0.15) is 5.26 Å². The predicted octanol–water partition coefficient (Wildman–Crippen LogP) is 1.41. The lowest BCUT2D eigenvalue weighted by atomic mass is 10.2. The second kappa shape index (κ2) is 3.61. The molecule has 2 aromatic heterocycles. The van der Waals surface area contributed by atoms with E-state index in [1.54, 1.807) is 6.07 Å². The van der Waals surface area contributed by atoms with Crippen molar-refractivity contribution in [2.75, 3.05) is 7.05 Å². The average Bonchev–Trinajstić information content (AvgIpc) is 2.86. The van der Waals surface area contributed by atoms with Crippen molar-refractivity contribution in [3.8, 4) is 6.07 Å². The molecular formula is C12H11N5. The van der Waals surface area contributed by atoms with Gasteiger partial charge >= 0.3 is 0 Å². The van der Waals surface area contributed by atoms with Crippen molar-refractivity contribution in [1.82, 2.24) is 19.7 Å². The van der Waals surface area contributed by atoms with Crippen LogP contribution >= 0.6 is 0 Å². The molecule has 0 spiro atoms. The maximum Gasteiger partial charge on any atom is 0.212 e. The fourth-order valence-corrected chi connectivity index (χ4v) is 1.99. The van der Waals surface area contributed by atoms with Crippen molar-refractivity contribution in [2.24, 2.45) is 0 Å². The zero-order chi connectivity index (χ0) is 11.8. The quantitative estimate of drug-likeness (QED) is 0.692. The smallest absolute Gasteiger partial charge is 0.212 e. The van der Waals surface area contributed by atoms with E-state index in [1.165, 1.54) is 0 Å². The number of nitrogens with zero attached hydrogens (tertiary/aromatic N) is 3. The normalized spacial score (nSPS) is 11.1. The Labute approximate surface area is 97.7 Å². The van der Waals surface area contributed by atoms with Crippen molar-refractivity contribution < 1.29 is 0 Å². The SMILES string of the molecule is CNCc1cn2c(nc3ccc(C#N)cc32)[nH]1. The van der Waals surface area contributed by atoms with E-state index >= 15 is 0 Å². The van der Waals surface area contributed by atoms with E-state index in [1.807, 2.05) is 29.8 Å². The number of aromatic nitrogens is 3. The maximum atomic E-state index is 8.90. The number of imidazole rings is 2. The molecule has 0 radical (unpaired) electrons. The van der Waals surface area contributed by atoms with Gasteiger partial charge in [-0.1, -0.05) is 0 Å². The summed E-state index contributed by atoms with van der Waals surface area (Å²) in [6.07, 6.45) is 2.00. The molecule has 0 bridgehead atoms. The Hall–Kier alpha value is -2.32. The maximum absolute atomic E-state index is 8.90. The molecule has 1 aromatic carbocycles. The van der Waals surface area contributed by atoms with Gasteiger partial charge in [0.2, 0.25) is 5.78 Å². The number of hydrogen-bond acceptors (Lipinski definition) is 3. The molecule has 5 heteroatoms. The highest BCUT2D eigenvalue weighted by Gasteiger charge is 2.08. The van der Waals surface area contributed by atoms with E-state index in [-0.39, 0.29) is 0 Å². The Balaban J connectivity index is 2.27. The van der Waals surface area contributed by atoms with Gasteiger partial charge in [-0.05, 0) is 25.2 Å². The van der Waals surface area contributed by atoms with Crippen LogP contribution in [0.1, 0.15) is 11.3 Å². The fraction of sp³-hybridized carbons (Fsp3) is 0.167. The lowest BCUT2D eigenvalue weighted by molar-refractivity contribution is 0.797. The topological polar surface area (TPSA) is 68.9 Å². The summed E-state index contributed by atoms with van der Waals surface area (Å²) < 4.78 is 1.98. The number of benzene rings is 1. The van der Waals surface area contributed by atoms with E-state index in [9.17, 15) is 0 Å². The molecule has 0 aliphatic rings. The Kier molecular flexibility index (Phi) is 2.10. The highest BCUT2D eigenvalue weighted by atomic mass is 15.1. The highest BCUT2D eigenvalue weighted by molar-refractivity contribution is 5.81. The molecule has 0 atom stereocenters. The summed E-state index contributed by atoms with van der Waals surface area (Å²) in [6.45, 7) is 0.767. The minimum Gasteiger partial charge on any atom is -0.326 e. The van der Waals surface area contributed by atoms with E-state index in [4.69, 9.17) is 5.26 Å². The third kappa shape index (κ3) is 1.47. The molecule has 17 heavy (non-hydrogen) atoms. The van der Waals surface area contributed by atoms with Crippen molar-refractivity contribution in [2.45, 2.75) is 6.54 Å². The molecule has 0 saturated heterocycles. The number of fused-ring (bicyclic) bond motifs is 3. The van der Waals surface area contributed by atoms with Crippen LogP contribution in [0.4, 0.5) is 0 Å². The molecule has 0 aliphatic heterocycles. The molecule has 0 saturated carbocycles. The summed E-state index contributed by atoms with van der Waals surface area (Å²) in [6, 6.07) is 7.64. The minimum atomic E-state index is 0.649. The summed E-state index contributed by atoms with van der Waals surface area (Å²) in [7, 11) is 1.90. The first-order valence-corrected chi connectivity index (χ1v) is 5.36. The van der Waals surface area contributed by atoms with Gasteiger partial charge in [0.15, 0.2) is 0 Å². The molecule has 0 amide bonds. The summed E-state index contributed by atoms with van der Waals surface area (Å²) in [5, 5.41) is 12.0. The van der Waals surface area contributed by atoms with E-state index in [0.29, 0.717) is 5.56 Å². The Morgan fingerprint density at radius 2 is 2.41 bits per heavy atom.